The Morgan fingerprint density at radius 1 is 1.60 bits per heavy atom. The molecule has 0 spiro atoms. The van der Waals surface area contributed by atoms with E-state index in [9.17, 15) is 9.90 Å². The molecule has 1 aromatic carbocycles. The van der Waals surface area contributed by atoms with E-state index in [0.29, 0.717) is 12.1 Å². The Labute approximate surface area is 127 Å². The maximum atomic E-state index is 12.3. The van der Waals surface area contributed by atoms with Crippen LogP contribution in [0.15, 0.2) is 22.7 Å². The van der Waals surface area contributed by atoms with E-state index >= 15 is 0 Å². The predicted octanol–water partition coefficient (Wildman–Crippen LogP) is 2.34. The van der Waals surface area contributed by atoms with E-state index < -0.39 is 0 Å². The second kappa shape index (κ2) is 6.70. The second-order valence-electron chi connectivity index (χ2n) is 5.30. The van der Waals surface area contributed by atoms with Gasteiger partial charge in [-0.05, 0) is 59.9 Å². The zero-order valence-corrected chi connectivity index (χ0v) is 13.4. The third kappa shape index (κ3) is 3.59. The molecular formula is C15H20BrNO3. The van der Waals surface area contributed by atoms with Crippen LogP contribution < -0.4 is 4.74 Å². The van der Waals surface area contributed by atoms with Gasteiger partial charge in [-0.2, -0.15) is 0 Å². The Morgan fingerprint density at radius 2 is 2.35 bits per heavy atom. The SMILES string of the molecule is COc1ccc(C(=O)CN2CCC(C(C)O)C2)cc1Br. The molecule has 2 rings (SSSR count). The van der Waals surface area contributed by atoms with Crippen LogP contribution in [0.3, 0.4) is 0 Å². The molecule has 1 fully saturated rings. The molecule has 0 saturated carbocycles. The summed E-state index contributed by atoms with van der Waals surface area (Å²) in [5.74, 6) is 1.10. The molecule has 0 aromatic heterocycles. The summed E-state index contributed by atoms with van der Waals surface area (Å²) >= 11 is 3.39. The van der Waals surface area contributed by atoms with Gasteiger partial charge in [0.15, 0.2) is 5.78 Å². The van der Waals surface area contributed by atoms with Crippen molar-refractivity contribution in [2.75, 3.05) is 26.7 Å². The maximum Gasteiger partial charge on any atom is 0.176 e. The normalized spacial score (nSPS) is 20.9. The number of ether oxygens (including phenoxy) is 1. The Kier molecular flexibility index (Phi) is 5.18. The van der Waals surface area contributed by atoms with Crippen molar-refractivity contribution in [3.63, 3.8) is 0 Å². The van der Waals surface area contributed by atoms with Crippen molar-refractivity contribution in [2.45, 2.75) is 19.4 Å². The van der Waals surface area contributed by atoms with Crippen molar-refractivity contribution < 1.29 is 14.6 Å². The van der Waals surface area contributed by atoms with E-state index in [4.69, 9.17) is 4.74 Å². The minimum absolute atomic E-state index is 0.0968. The number of halogens is 1. The molecule has 1 aliphatic heterocycles. The lowest BCUT2D eigenvalue weighted by Gasteiger charge is -2.16. The van der Waals surface area contributed by atoms with E-state index in [1.165, 1.54) is 0 Å². The van der Waals surface area contributed by atoms with Crippen LogP contribution >= 0.6 is 15.9 Å². The number of ketones is 1. The van der Waals surface area contributed by atoms with Gasteiger partial charge in [0.1, 0.15) is 5.75 Å². The van der Waals surface area contributed by atoms with Crippen molar-refractivity contribution in [1.29, 1.82) is 0 Å². The van der Waals surface area contributed by atoms with E-state index in [0.717, 1.165) is 29.7 Å². The van der Waals surface area contributed by atoms with E-state index in [1.54, 1.807) is 25.3 Å². The zero-order valence-electron chi connectivity index (χ0n) is 11.8. The number of aliphatic hydroxyl groups excluding tert-OH is 1. The molecule has 1 aromatic rings. The largest absolute Gasteiger partial charge is 0.496 e. The molecule has 1 aliphatic rings. The fraction of sp³-hybridized carbons (Fsp3) is 0.533. The molecule has 1 heterocycles. The van der Waals surface area contributed by atoms with Gasteiger partial charge in [-0.1, -0.05) is 0 Å². The summed E-state index contributed by atoms with van der Waals surface area (Å²) < 4.78 is 5.94. The average molecular weight is 342 g/mol. The van der Waals surface area contributed by atoms with Gasteiger partial charge in [0.05, 0.1) is 24.2 Å². The first-order valence-electron chi connectivity index (χ1n) is 6.78. The summed E-state index contributed by atoms with van der Waals surface area (Å²) in [5, 5.41) is 9.58. The van der Waals surface area contributed by atoms with E-state index in [1.807, 2.05) is 6.92 Å². The van der Waals surface area contributed by atoms with Gasteiger partial charge < -0.3 is 9.84 Å². The summed E-state index contributed by atoms with van der Waals surface area (Å²) in [6.45, 7) is 3.89. The van der Waals surface area contributed by atoms with E-state index in [2.05, 4.69) is 20.8 Å². The molecule has 4 nitrogen and oxygen atoms in total. The topological polar surface area (TPSA) is 49.8 Å². The highest BCUT2D eigenvalue weighted by atomic mass is 79.9. The Hall–Kier alpha value is -0.910. The van der Waals surface area contributed by atoms with Gasteiger partial charge in [0.2, 0.25) is 0 Å². The lowest BCUT2D eigenvalue weighted by molar-refractivity contribution is 0.0925. The molecule has 0 aliphatic carbocycles. The number of aliphatic hydroxyl groups is 1. The maximum absolute atomic E-state index is 12.3. The summed E-state index contributed by atoms with van der Waals surface area (Å²) in [7, 11) is 1.60. The molecule has 0 bridgehead atoms. The number of Topliss-reactive ketones (excluding diaryl/α,β-unsaturated/α-hetero) is 1. The monoisotopic (exact) mass is 341 g/mol. The summed E-state index contributed by atoms with van der Waals surface area (Å²) in [6, 6.07) is 5.37. The van der Waals surface area contributed by atoms with Gasteiger partial charge in [0.25, 0.3) is 0 Å². The van der Waals surface area contributed by atoms with E-state index in [-0.39, 0.29) is 17.8 Å². The lowest BCUT2D eigenvalue weighted by Crippen LogP contribution is -2.29. The minimum Gasteiger partial charge on any atom is -0.496 e. The molecule has 0 radical (unpaired) electrons. The van der Waals surface area contributed by atoms with Gasteiger partial charge in [-0.3, -0.25) is 9.69 Å². The first-order chi connectivity index (χ1) is 9.51. The summed E-state index contributed by atoms with van der Waals surface area (Å²) in [6.07, 6.45) is 0.655. The molecule has 20 heavy (non-hydrogen) atoms. The van der Waals surface area contributed by atoms with Crippen LogP contribution in [-0.4, -0.2) is 48.6 Å². The minimum atomic E-state index is -0.301. The van der Waals surface area contributed by atoms with Crippen LogP contribution in [0, 0.1) is 5.92 Å². The number of likely N-dealkylation sites (tertiary alicyclic amines) is 1. The standard InChI is InChI=1S/C15H20BrNO3/c1-10(18)12-5-6-17(8-12)9-14(19)11-3-4-15(20-2)13(16)7-11/h3-4,7,10,12,18H,5-6,8-9H2,1-2H3. The molecule has 1 saturated heterocycles. The van der Waals surface area contributed by atoms with Crippen molar-refractivity contribution >= 4 is 21.7 Å². The van der Waals surface area contributed by atoms with Crippen LogP contribution in [0.2, 0.25) is 0 Å². The molecular weight excluding hydrogens is 322 g/mol. The van der Waals surface area contributed by atoms with Crippen molar-refractivity contribution in [1.82, 2.24) is 4.90 Å². The Bertz CT molecular complexity index is 490. The fourth-order valence-corrected chi connectivity index (χ4v) is 3.07. The molecule has 0 amide bonds. The number of carbonyl (C=O) groups excluding carboxylic acids is 1. The van der Waals surface area contributed by atoms with Crippen molar-refractivity contribution in [3.05, 3.63) is 28.2 Å². The highest BCUT2D eigenvalue weighted by Gasteiger charge is 2.27. The molecule has 5 heteroatoms. The number of hydrogen-bond donors (Lipinski definition) is 1. The predicted molar refractivity (Wildman–Crippen MR) is 81.3 cm³/mol. The Morgan fingerprint density at radius 3 is 2.90 bits per heavy atom. The smallest absolute Gasteiger partial charge is 0.176 e. The van der Waals surface area contributed by atoms with Crippen LogP contribution in [0.25, 0.3) is 0 Å². The first kappa shape index (κ1) is 15.5. The quantitative estimate of drug-likeness (QED) is 0.835. The number of rotatable bonds is 5. The van der Waals surface area contributed by atoms with Gasteiger partial charge in [0, 0.05) is 12.1 Å². The Balaban J connectivity index is 1.97. The number of methoxy groups -OCH3 is 1. The van der Waals surface area contributed by atoms with Crippen molar-refractivity contribution in [3.8, 4) is 5.75 Å². The first-order valence-corrected chi connectivity index (χ1v) is 7.57. The molecule has 1 N–H and O–H groups in total. The number of carbonyl (C=O) groups is 1. The van der Waals surface area contributed by atoms with Crippen LogP contribution in [0.5, 0.6) is 5.75 Å². The summed E-state index contributed by atoms with van der Waals surface area (Å²) in [5.41, 5.74) is 0.679. The van der Waals surface area contributed by atoms with Crippen LogP contribution in [0.4, 0.5) is 0 Å². The third-order valence-electron chi connectivity index (χ3n) is 3.83. The van der Waals surface area contributed by atoms with Gasteiger partial charge in [-0.25, -0.2) is 0 Å². The van der Waals surface area contributed by atoms with Crippen molar-refractivity contribution in [2.24, 2.45) is 5.92 Å². The second-order valence-corrected chi connectivity index (χ2v) is 6.15. The molecule has 2 atom stereocenters. The summed E-state index contributed by atoms with van der Waals surface area (Å²) in [4.78, 5) is 14.4. The highest BCUT2D eigenvalue weighted by molar-refractivity contribution is 9.10. The molecule has 2 unspecified atom stereocenters. The number of nitrogens with zero attached hydrogens (tertiary/aromatic N) is 1. The van der Waals surface area contributed by atoms with Crippen LogP contribution in [0.1, 0.15) is 23.7 Å². The average Bonchev–Trinajstić information content (AvgIpc) is 2.87. The number of hydrogen-bond acceptors (Lipinski definition) is 4. The zero-order chi connectivity index (χ0) is 14.7. The number of benzene rings is 1. The lowest BCUT2D eigenvalue weighted by atomic mass is 10.0. The highest BCUT2D eigenvalue weighted by Crippen LogP contribution is 2.26. The van der Waals surface area contributed by atoms with Crippen LogP contribution in [-0.2, 0) is 0 Å². The third-order valence-corrected chi connectivity index (χ3v) is 4.45. The fourth-order valence-electron chi connectivity index (χ4n) is 2.53. The molecule has 110 valence electrons. The van der Waals surface area contributed by atoms with Gasteiger partial charge in [-0.15, -0.1) is 0 Å². The van der Waals surface area contributed by atoms with Gasteiger partial charge >= 0.3 is 0 Å².